The van der Waals surface area contributed by atoms with E-state index in [1.165, 1.54) is 11.7 Å². The zero-order valence-electron chi connectivity index (χ0n) is 9.79. The minimum Gasteiger partial charge on any atom is -0.392 e. The smallest absolute Gasteiger partial charge is 0.368 e. The number of nitrogens with zero attached hydrogens (tertiary/aromatic N) is 4. The molecule has 0 radical (unpaired) electrons. The summed E-state index contributed by atoms with van der Waals surface area (Å²) in [4.78, 5) is 11.8. The lowest BCUT2D eigenvalue weighted by molar-refractivity contribution is 0.280. The summed E-state index contributed by atoms with van der Waals surface area (Å²) in [5, 5.41) is 16.9. The number of aliphatic hydroxyl groups excluding tert-OH is 1. The molecule has 1 aromatic heterocycles. The minimum atomic E-state index is -0.326. The fourth-order valence-corrected chi connectivity index (χ4v) is 1.80. The van der Waals surface area contributed by atoms with Gasteiger partial charge in [-0.25, -0.2) is 4.79 Å². The molecule has 0 bridgehead atoms. The van der Waals surface area contributed by atoms with Crippen molar-refractivity contribution in [3.05, 3.63) is 39.8 Å². The molecule has 0 fully saturated rings. The molecule has 0 aliphatic heterocycles. The first kappa shape index (κ1) is 11.5. The van der Waals surface area contributed by atoms with E-state index in [1.807, 2.05) is 19.1 Å². The van der Waals surface area contributed by atoms with Crippen molar-refractivity contribution in [1.29, 1.82) is 0 Å². The Kier molecular flexibility index (Phi) is 3.06. The zero-order valence-corrected chi connectivity index (χ0v) is 9.79. The van der Waals surface area contributed by atoms with Gasteiger partial charge in [-0.05, 0) is 28.5 Å². The summed E-state index contributed by atoms with van der Waals surface area (Å²) < 4.78 is 2.35. The lowest BCUT2D eigenvalue weighted by Crippen LogP contribution is -2.23. The molecule has 90 valence electrons. The van der Waals surface area contributed by atoms with Crippen molar-refractivity contribution in [2.45, 2.75) is 20.0 Å². The molecular formula is C11H14N4O2. The predicted octanol–water partition coefficient (Wildman–Crippen LogP) is 0.0207. The number of hydrogen-bond acceptors (Lipinski definition) is 4. The molecule has 0 saturated heterocycles. The van der Waals surface area contributed by atoms with Crippen molar-refractivity contribution < 1.29 is 5.11 Å². The molecule has 2 rings (SSSR count). The van der Waals surface area contributed by atoms with Gasteiger partial charge in [0.25, 0.3) is 0 Å². The normalized spacial score (nSPS) is 10.8. The van der Waals surface area contributed by atoms with Gasteiger partial charge in [-0.2, -0.15) is 9.36 Å². The van der Waals surface area contributed by atoms with E-state index in [0.717, 1.165) is 22.2 Å². The number of tetrazole rings is 1. The molecule has 1 heterocycles. The van der Waals surface area contributed by atoms with Crippen LogP contribution in [0.5, 0.6) is 0 Å². The SMILES string of the molecule is CCc1cccc(-n2nnn(C)c2=O)c1CO. The Bertz CT molecular complexity index is 585. The summed E-state index contributed by atoms with van der Waals surface area (Å²) >= 11 is 0. The molecule has 2 aromatic rings. The number of aliphatic hydroxyl groups is 1. The summed E-state index contributed by atoms with van der Waals surface area (Å²) in [6, 6.07) is 5.52. The highest BCUT2D eigenvalue weighted by Crippen LogP contribution is 2.17. The van der Waals surface area contributed by atoms with Crippen LogP contribution >= 0.6 is 0 Å². The number of aryl methyl sites for hydroxylation is 2. The van der Waals surface area contributed by atoms with Crippen LogP contribution in [0.25, 0.3) is 5.69 Å². The number of rotatable bonds is 3. The van der Waals surface area contributed by atoms with Crippen molar-refractivity contribution in [2.24, 2.45) is 7.05 Å². The van der Waals surface area contributed by atoms with E-state index < -0.39 is 0 Å². The van der Waals surface area contributed by atoms with Gasteiger partial charge in [-0.1, -0.05) is 19.1 Å². The fourth-order valence-electron chi connectivity index (χ4n) is 1.80. The van der Waals surface area contributed by atoms with Crippen LogP contribution in [0.1, 0.15) is 18.1 Å². The first-order valence-electron chi connectivity index (χ1n) is 5.40. The fraction of sp³-hybridized carbons (Fsp3) is 0.364. The van der Waals surface area contributed by atoms with E-state index in [4.69, 9.17) is 0 Å². The third-order valence-corrected chi connectivity index (χ3v) is 2.74. The Morgan fingerprint density at radius 1 is 1.35 bits per heavy atom. The van der Waals surface area contributed by atoms with Crippen molar-refractivity contribution >= 4 is 0 Å². The summed E-state index contributed by atoms with van der Waals surface area (Å²) in [5.41, 5.74) is 1.98. The lowest BCUT2D eigenvalue weighted by atomic mass is 10.0. The molecule has 0 saturated carbocycles. The maximum Gasteiger partial charge on any atom is 0.368 e. The third kappa shape index (κ3) is 1.87. The molecule has 0 aliphatic carbocycles. The average molecular weight is 234 g/mol. The maximum atomic E-state index is 11.8. The van der Waals surface area contributed by atoms with Gasteiger partial charge in [0.1, 0.15) is 0 Å². The summed E-state index contributed by atoms with van der Waals surface area (Å²) in [7, 11) is 1.54. The molecule has 1 aromatic carbocycles. The van der Waals surface area contributed by atoms with Gasteiger partial charge in [0, 0.05) is 12.6 Å². The van der Waals surface area contributed by atoms with E-state index in [2.05, 4.69) is 10.4 Å². The number of aromatic nitrogens is 4. The quantitative estimate of drug-likeness (QED) is 0.812. The monoisotopic (exact) mass is 234 g/mol. The maximum absolute atomic E-state index is 11.8. The Hall–Kier alpha value is -1.95. The standard InChI is InChI=1S/C11H14N4O2/c1-3-8-5-4-6-10(9(8)7-16)15-11(17)14(2)12-13-15/h4-6,16H,3,7H2,1-2H3. The van der Waals surface area contributed by atoms with Crippen LogP contribution in [0.3, 0.4) is 0 Å². The first-order valence-corrected chi connectivity index (χ1v) is 5.40. The van der Waals surface area contributed by atoms with Gasteiger partial charge in [-0.3, -0.25) is 0 Å². The molecule has 6 nitrogen and oxygen atoms in total. The number of benzene rings is 1. The van der Waals surface area contributed by atoms with Crippen LogP contribution < -0.4 is 5.69 Å². The third-order valence-electron chi connectivity index (χ3n) is 2.74. The molecule has 0 unspecified atom stereocenters. The molecule has 1 N–H and O–H groups in total. The second kappa shape index (κ2) is 4.50. The largest absolute Gasteiger partial charge is 0.392 e. The lowest BCUT2D eigenvalue weighted by Gasteiger charge is -2.09. The van der Waals surface area contributed by atoms with E-state index in [0.29, 0.717) is 5.69 Å². The highest BCUT2D eigenvalue weighted by atomic mass is 16.3. The zero-order chi connectivity index (χ0) is 12.4. The minimum absolute atomic E-state index is 0.123. The van der Waals surface area contributed by atoms with Crippen LogP contribution in [0.4, 0.5) is 0 Å². The molecule has 6 heteroatoms. The Labute approximate surface area is 98.1 Å². The first-order chi connectivity index (χ1) is 8.19. The van der Waals surface area contributed by atoms with E-state index in [9.17, 15) is 9.90 Å². The van der Waals surface area contributed by atoms with Gasteiger partial charge >= 0.3 is 5.69 Å². The van der Waals surface area contributed by atoms with E-state index in [1.54, 1.807) is 6.07 Å². The summed E-state index contributed by atoms with van der Waals surface area (Å²) in [6.07, 6.45) is 0.790. The van der Waals surface area contributed by atoms with Crippen LogP contribution in [0.15, 0.2) is 23.0 Å². The van der Waals surface area contributed by atoms with Gasteiger partial charge in [0.05, 0.1) is 12.3 Å². The van der Waals surface area contributed by atoms with Crippen LogP contribution in [-0.4, -0.2) is 24.9 Å². The van der Waals surface area contributed by atoms with Crippen molar-refractivity contribution in [3.8, 4) is 5.69 Å². The topological polar surface area (TPSA) is 72.9 Å². The van der Waals surface area contributed by atoms with E-state index in [-0.39, 0.29) is 12.3 Å². The van der Waals surface area contributed by atoms with Crippen molar-refractivity contribution in [2.75, 3.05) is 0 Å². The molecular weight excluding hydrogens is 220 g/mol. The second-order valence-corrected chi connectivity index (χ2v) is 3.72. The highest BCUT2D eigenvalue weighted by molar-refractivity contribution is 5.44. The Morgan fingerprint density at radius 3 is 2.65 bits per heavy atom. The van der Waals surface area contributed by atoms with Crippen LogP contribution in [-0.2, 0) is 20.1 Å². The molecule has 17 heavy (non-hydrogen) atoms. The van der Waals surface area contributed by atoms with Gasteiger partial charge < -0.3 is 5.11 Å². The molecule has 0 spiro atoms. The Balaban J connectivity index is 2.67. The van der Waals surface area contributed by atoms with Crippen LogP contribution in [0, 0.1) is 0 Å². The molecule has 0 atom stereocenters. The molecule has 0 aliphatic rings. The highest BCUT2D eigenvalue weighted by Gasteiger charge is 2.12. The second-order valence-electron chi connectivity index (χ2n) is 3.72. The van der Waals surface area contributed by atoms with Crippen molar-refractivity contribution in [1.82, 2.24) is 19.8 Å². The summed E-state index contributed by atoms with van der Waals surface area (Å²) in [6.45, 7) is 1.88. The van der Waals surface area contributed by atoms with E-state index >= 15 is 0 Å². The van der Waals surface area contributed by atoms with Crippen LogP contribution in [0.2, 0.25) is 0 Å². The molecule has 0 amide bonds. The predicted molar refractivity (Wildman–Crippen MR) is 61.9 cm³/mol. The van der Waals surface area contributed by atoms with Crippen molar-refractivity contribution in [3.63, 3.8) is 0 Å². The average Bonchev–Trinajstić information content (AvgIpc) is 2.69. The summed E-state index contributed by atoms with van der Waals surface area (Å²) in [5.74, 6) is 0. The Morgan fingerprint density at radius 2 is 2.12 bits per heavy atom. The van der Waals surface area contributed by atoms with Gasteiger partial charge in [0.15, 0.2) is 0 Å². The van der Waals surface area contributed by atoms with Gasteiger partial charge in [0.2, 0.25) is 0 Å². The number of hydrogen-bond donors (Lipinski definition) is 1. The van der Waals surface area contributed by atoms with Gasteiger partial charge in [-0.15, -0.1) is 0 Å².